The molecule has 9 heteroatoms. The Balaban J connectivity index is 1.05. The summed E-state index contributed by atoms with van der Waals surface area (Å²) in [4.78, 5) is 17.3. The zero-order chi connectivity index (χ0) is 33.1. The lowest BCUT2D eigenvalue weighted by Crippen LogP contribution is -2.34. The van der Waals surface area contributed by atoms with Gasteiger partial charge >= 0.3 is 12.1 Å². The molecule has 6 nitrogen and oxygen atoms in total. The summed E-state index contributed by atoms with van der Waals surface area (Å²) in [5.41, 5.74) is 2.25. The largest absolute Gasteiger partial charge is 0.492 e. The van der Waals surface area contributed by atoms with Crippen LogP contribution in [0.1, 0.15) is 49.9 Å². The Labute approximate surface area is 270 Å². The van der Waals surface area contributed by atoms with Crippen molar-refractivity contribution in [1.29, 1.82) is 0 Å². The first kappa shape index (κ1) is 33.8. The molecule has 1 aliphatic carbocycles. The highest BCUT2D eigenvalue weighted by molar-refractivity contribution is 5.75. The molecular weight excluding hydrogens is 593 g/mol. The molecule has 0 amide bonds. The number of likely N-dealkylation sites (tertiary alicyclic amines) is 1. The molecule has 46 heavy (non-hydrogen) atoms. The molecule has 3 aromatic rings. The van der Waals surface area contributed by atoms with Crippen molar-refractivity contribution in [2.24, 2.45) is 11.8 Å². The van der Waals surface area contributed by atoms with Gasteiger partial charge in [-0.05, 0) is 78.2 Å². The number of rotatable bonds is 13. The summed E-state index contributed by atoms with van der Waals surface area (Å²) in [7, 11) is 2.01. The fourth-order valence-electron chi connectivity index (χ4n) is 6.49. The van der Waals surface area contributed by atoms with Gasteiger partial charge in [-0.3, -0.25) is 9.80 Å². The Morgan fingerprint density at radius 3 is 2.17 bits per heavy atom. The van der Waals surface area contributed by atoms with E-state index >= 15 is 0 Å². The molecule has 248 valence electrons. The molecule has 0 spiro atoms. The highest BCUT2D eigenvalue weighted by atomic mass is 19.4. The average molecular weight is 639 g/mol. The summed E-state index contributed by atoms with van der Waals surface area (Å²) >= 11 is 0. The number of fused-ring (bicyclic) bond motifs is 1. The zero-order valence-corrected chi connectivity index (χ0v) is 27.3. The van der Waals surface area contributed by atoms with Crippen LogP contribution in [0.15, 0.2) is 72.8 Å². The SMILES string of the molecule is CCOC(=O)[C@H](Cc1ccc(OCCN2C[C@@H]3C(N(C)Cc4cccc(C(F)(F)F)c4)[C@@H]3C2)cc1)Oc1ccc(C(C)(C)C)cc1. The third kappa shape index (κ3) is 8.62. The number of hydrogen-bond acceptors (Lipinski definition) is 6. The summed E-state index contributed by atoms with van der Waals surface area (Å²) in [5.74, 6) is 2.08. The van der Waals surface area contributed by atoms with Gasteiger partial charge in [-0.1, -0.05) is 63.2 Å². The van der Waals surface area contributed by atoms with Crippen LogP contribution in [0.4, 0.5) is 13.2 Å². The third-order valence-electron chi connectivity index (χ3n) is 8.99. The number of hydrogen-bond donors (Lipinski definition) is 0. The van der Waals surface area contributed by atoms with Crippen LogP contribution in [0, 0.1) is 11.8 Å². The molecule has 0 N–H and O–H groups in total. The number of halogens is 3. The second-order valence-corrected chi connectivity index (χ2v) is 13.5. The molecule has 1 unspecified atom stereocenters. The lowest BCUT2D eigenvalue weighted by Gasteiger charge is -2.24. The first-order chi connectivity index (χ1) is 21.8. The predicted molar refractivity (Wildman–Crippen MR) is 172 cm³/mol. The highest BCUT2D eigenvalue weighted by Crippen LogP contribution is 2.48. The van der Waals surface area contributed by atoms with Crippen LogP contribution in [0.2, 0.25) is 0 Å². The van der Waals surface area contributed by atoms with E-state index in [0.29, 0.717) is 48.8 Å². The average Bonchev–Trinajstić information content (AvgIpc) is 3.52. The van der Waals surface area contributed by atoms with Gasteiger partial charge in [0.1, 0.15) is 18.1 Å². The molecule has 1 aliphatic heterocycles. The lowest BCUT2D eigenvalue weighted by atomic mass is 9.87. The monoisotopic (exact) mass is 638 g/mol. The van der Waals surface area contributed by atoms with E-state index in [1.54, 1.807) is 13.0 Å². The van der Waals surface area contributed by atoms with Gasteiger partial charge in [0.05, 0.1) is 12.2 Å². The molecule has 1 saturated carbocycles. The molecule has 1 heterocycles. The zero-order valence-electron chi connectivity index (χ0n) is 27.3. The molecule has 3 aromatic carbocycles. The van der Waals surface area contributed by atoms with Crippen LogP contribution in [0.5, 0.6) is 11.5 Å². The molecule has 2 fully saturated rings. The van der Waals surface area contributed by atoms with Crippen molar-refractivity contribution in [3.8, 4) is 11.5 Å². The summed E-state index contributed by atoms with van der Waals surface area (Å²) in [5, 5.41) is 0. The minimum absolute atomic E-state index is 0.0266. The van der Waals surface area contributed by atoms with E-state index in [-0.39, 0.29) is 12.0 Å². The van der Waals surface area contributed by atoms with Crippen molar-refractivity contribution in [2.45, 2.75) is 64.4 Å². The van der Waals surface area contributed by atoms with Gasteiger partial charge in [-0.25, -0.2) is 4.79 Å². The molecule has 4 atom stereocenters. The van der Waals surface area contributed by atoms with Gasteiger partial charge in [0.15, 0.2) is 6.10 Å². The Morgan fingerprint density at radius 1 is 0.913 bits per heavy atom. The lowest BCUT2D eigenvalue weighted by molar-refractivity contribution is -0.151. The molecule has 1 saturated heterocycles. The number of alkyl halides is 3. The molecule has 0 bridgehead atoms. The Hall–Kier alpha value is -3.56. The topological polar surface area (TPSA) is 51.2 Å². The minimum atomic E-state index is -4.32. The number of benzene rings is 3. The highest BCUT2D eigenvalue weighted by Gasteiger charge is 2.57. The van der Waals surface area contributed by atoms with Crippen molar-refractivity contribution in [3.05, 3.63) is 95.1 Å². The van der Waals surface area contributed by atoms with Gasteiger partial charge < -0.3 is 14.2 Å². The standard InChI is InChI=1S/C37H45F3N2O4/c1-6-44-35(43)33(46-30-16-12-27(13-17-30)36(2,3)4)21-25-10-14-29(15-11-25)45-19-18-42-23-31-32(24-42)34(31)41(5)22-26-8-7-9-28(20-26)37(38,39)40/h7-17,20,31-34H,6,18-19,21-24H2,1-5H3/t31-,32+,33-,34?/m0/s1. The minimum Gasteiger partial charge on any atom is -0.492 e. The maximum Gasteiger partial charge on any atom is 0.416 e. The Morgan fingerprint density at radius 2 is 1.57 bits per heavy atom. The van der Waals surface area contributed by atoms with Gasteiger partial charge in [-0.2, -0.15) is 13.2 Å². The van der Waals surface area contributed by atoms with Crippen molar-refractivity contribution in [2.75, 3.05) is 39.9 Å². The second kappa shape index (κ2) is 14.1. The third-order valence-corrected chi connectivity index (χ3v) is 8.99. The van der Waals surface area contributed by atoms with Crippen LogP contribution in [-0.2, 0) is 34.1 Å². The van der Waals surface area contributed by atoms with Gasteiger partial charge in [-0.15, -0.1) is 0 Å². The Kier molecular flexibility index (Phi) is 10.3. The summed E-state index contributed by atoms with van der Waals surface area (Å²) in [6.45, 7) is 12.3. The van der Waals surface area contributed by atoms with E-state index in [9.17, 15) is 18.0 Å². The number of nitrogens with zero attached hydrogens (tertiary/aromatic N) is 2. The van der Waals surface area contributed by atoms with E-state index in [1.807, 2.05) is 55.6 Å². The van der Waals surface area contributed by atoms with Crippen LogP contribution in [0.3, 0.4) is 0 Å². The van der Waals surface area contributed by atoms with E-state index in [2.05, 4.69) is 30.6 Å². The fraction of sp³-hybridized carbons (Fsp3) is 0.486. The molecular formula is C37H45F3N2O4. The van der Waals surface area contributed by atoms with Crippen LogP contribution < -0.4 is 9.47 Å². The maximum absolute atomic E-state index is 13.1. The summed E-state index contributed by atoms with van der Waals surface area (Å²) in [6.07, 6.45) is -4.71. The van der Waals surface area contributed by atoms with E-state index in [4.69, 9.17) is 14.2 Å². The van der Waals surface area contributed by atoms with E-state index in [1.165, 1.54) is 17.7 Å². The first-order valence-corrected chi connectivity index (χ1v) is 16.1. The summed E-state index contributed by atoms with van der Waals surface area (Å²) in [6, 6.07) is 21.6. The van der Waals surface area contributed by atoms with Crippen molar-refractivity contribution in [3.63, 3.8) is 0 Å². The molecule has 5 rings (SSSR count). The van der Waals surface area contributed by atoms with Crippen molar-refractivity contribution < 1.29 is 32.2 Å². The quantitative estimate of drug-likeness (QED) is 0.188. The van der Waals surface area contributed by atoms with Gasteiger partial charge in [0.2, 0.25) is 0 Å². The van der Waals surface area contributed by atoms with Crippen molar-refractivity contribution >= 4 is 5.97 Å². The van der Waals surface area contributed by atoms with Crippen LogP contribution in [-0.4, -0.2) is 67.8 Å². The van der Waals surface area contributed by atoms with Crippen molar-refractivity contribution in [1.82, 2.24) is 9.80 Å². The number of carbonyl (C=O) groups is 1. The number of esters is 1. The smallest absolute Gasteiger partial charge is 0.416 e. The Bertz CT molecular complexity index is 1440. The second-order valence-electron chi connectivity index (χ2n) is 13.5. The number of ether oxygens (including phenoxy) is 3. The van der Waals surface area contributed by atoms with Crippen LogP contribution in [0.25, 0.3) is 0 Å². The first-order valence-electron chi connectivity index (χ1n) is 16.1. The fourth-order valence-corrected chi connectivity index (χ4v) is 6.49. The van der Waals surface area contributed by atoms with E-state index < -0.39 is 23.8 Å². The molecule has 0 radical (unpaired) electrons. The normalized spacial score (nSPS) is 20.3. The van der Waals surface area contributed by atoms with Crippen LogP contribution >= 0.6 is 0 Å². The molecule has 0 aromatic heterocycles. The maximum atomic E-state index is 13.1. The van der Waals surface area contributed by atoms with E-state index in [0.717, 1.165) is 37.0 Å². The summed E-state index contributed by atoms with van der Waals surface area (Å²) < 4.78 is 56.6. The predicted octanol–water partition coefficient (Wildman–Crippen LogP) is 7.00. The number of carbonyl (C=O) groups excluding carboxylic acids is 1. The van der Waals surface area contributed by atoms with Gasteiger partial charge in [0, 0.05) is 38.6 Å². The van der Waals surface area contributed by atoms with Gasteiger partial charge in [0.25, 0.3) is 0 Å². The number of piperidine rings is 1. The molecule has 2 aliphatic rings.